The molecule has 4 aromatic rings. The van der Waals surface area contributed by atoms with Gasteiger partial charge in [0.15, 0.2) is 5.82 Å². The topological polar surface area (TPSA) is 154 Å². The van der Waals surface area contributed by atoms with Crippen LogP contribution in [0.5, 0.6) is 5.75 Å². The number of nitrogens with one attached hydrogen (secondary N) is 2. The maximum absolute atomic E-state index is 13.2. The number of rotatable bonds is 9. The van der Waals surface area contributed by atoms with Gasteiger partial charge in [0.25, 0.3) is 11.1 Å². The number of nitrogens with zero attached hydrogens (tertiary/aromatic N) is 4. The molecular weight excluding hydrogens is 548 g/mol. The maximum Gasteiger partial charge on any atom is 0.351 e. The van der Waals surface area contributed by atoms with Crippen LogP contribution in [0.4, 0.5) is 4.79 Å². The zero-order chi connectivity index (χ0) is 28.8. The normalized spacial score (nSPS) is 14.7. The van der Waals surface area contributed by atoms with Gasteiger partial charge in [0, 0.05) is 5.56 Å². The lowest BCUT2D eigenvalue weighted by atomic mass is 10.2. The fraction of sp³-hybridized carbons (Fsp3) is 0.107. The Morgan fingerprint density at radius 3 is 2.32 bits per heavy atom. The fourth-order valence-electron chi connectivity index (χ4n) is 3.92. The largest absolute Gasteiger partial charge is 0.426 e. The second kappa shape index (κ2) is 12.3. The van der Waals surface area contributed by atoms with Crippen molar-refractivity contribution in [1.82, 2.24) is 25.1 Å². The molecular formula is C28H22N6O6S. The third-order valence-electron chi connectivity index (χ3n) is 5.81. The van der Waals surface area contributed by atoms with Gasteiger partial charge in [-0.1, -0.05) is 60.3 Å². The predicted molar refractivity (Wildman–Crippen MR) is 151 cm³/mol. The molecule has 1 unspecified atom stereocenters. The van der Waals surface area contributed by atoms with E-state index >= 15 is 0 Å². The molecule has 0 aliphatic carbocycles. The lowest BCUT2D eigenvalue weighted by molar-refractivity contribution is -0.135. The summed E-state index contributed by atoms with van der Waals surface area (Å²) in [5, 5.41) is 9.15. The van der Waals surface area contributed by atoms with Gasteiger partial charge < -0.3 is 4.74 Å². The highest BCUT2D eigenvalue weighted by Gasteiger charge is 2.33. The number of para-hydroxylation sites is 1. The number of aromatic nitrogens is 3. The van der Waals surface area contributed by atoms with E-state index in [2.05, 4.69) is 20.9 Å². The van der Waals surface area contributed by atoms with Gasteiger partial charge in [-0.15, -0.1) is 5.10 Å². The lowest BCUT2D eigenvalue weighted by Gasteiger charge is -2.06. The van der Waals surface area contributed by atoms with Crippen LogP contribution in [0.2, 0.25) is 0 Å². The average Bonchev–Trinajstić information content (AvgIpc) is 3.47. The second-order valence-electron chi connectivity index (χ2n) is 8.72. The number of ether oxygens (including phenoxy) is 1. The molecule has 2 N–H and O–H groups in total. The first-order valence-electron chi connectivity index (χ1n) is 12.3. The number of carbonyl (C=O) groups excluding carboxylic acids is 4. The summed E-state index contributed by atoms with van der Waals surface area (Å²) in [6.07, 6.45) is 1.15. The highest BCUT2D eigenvalue weighted by atomic mass is 32.2. The summed E-state index contributed by atoms with van der Waals surface area (Å²) in [6.45, 7) is -0.354. The van der Waals surface area contributed by atoms with Gasteiger partial charge in [-0.05, 0) is 42.0 Å². The summed E-state index contributed by atoms with van der Waals surface area (Å²) < 4.78 is 7.73. The lowest BCUT2D eigenvalue weighted by Crippen LogP contribution is -2.31. The molecule has 12 nitrogen and oxygen atoms in total. The zero-order valence-electron chi connectivity index (χ0n) is 21.3. The van der Waals surface area contributed by atoms with E-state index in [-0.39, 0.29) is 18.7 Å². The Morgan fingerprint density at radius 1 is 0.976 bits per heavy atom. The molecule has 0 spiro atoms. The summed E-state index contributed by atoms with van der Waals surface area (Å²) in [6, 6.07) is 24.5. The van der Waals surface area contributed by atoms with Crippen LogP contribution in [-0.4, -0.2) is 48.8 Å². The number of thioether (sulfide) groups is 1. The van der Waals surface area contributed by atoms with Crippen LogP contribution in [0, 0.1) is 0 Å². The first-order chi connectivity index (χ1) is 19.9. The molecule has 3 amide bonds. The predicted octanol–water partition coefficient (Wildman–Crippen LogP) is 2.50. The van der Waals surface area contributed by atoms with E-state index in [1.54, 1.807) is 24.3 Å². The van der Waals surface area contributed by atoms with E-state index in [1.807, 2.05) is 48.5 Å². The Labute approximate surface area is 237 Å². The summed E-state index contributed by atoms with van der Waals surface area (Å²) in [5.74, 6) is -1.08. The van der Waals surface area contributed by atoms with Crippen molar-refractivity contribution in [3.8, 4) is 22.8 Å². The van der Waals surface area contributed by atoms with Crippen molar-refractivity contribution in [2.45, 2.75) is 18.2 Å². The van der Waals surface area contributed by atoms with Crippen molar-refractivity contribution >= 4 is 41.0 Å². The molecule has 2 heterocycles. The first-order valence-corrected chi connectivity index (χ1v) is 13.2. The van der Waals surface area contributed by atoms with Gasteiger partial charge in [0.2, 0.25) is 5.91 Å². The van der Waals surface area contributed by atoms with Crippen LogP contribution >= 0.6 is 11.8 Å². The molecule has 1 saturated heterocycles. The van der Waals surface area contributed by atoms with E-state index in [0.29, 0.717) is 17.1 Å². The number of esters is 1. The molecule has 0 bridgehead atoms. The summed E-state index contributed by atoms with van der Waals surface area (Å²) >= 11 is 0.751. The van der Waals surface area contributed by atoms with Gasteiger partial charge >= 0.3 is 11.7 Å². The number of hydrogen-bond donors (Lipinski definition) is 2. The average molecular weight is 571 g/mol. The van der Waals surface area contributed by atoms with E-state index < -0.39 is 34.0 Å². The van der Waals surface area contributed by atoms with Gasteiger partial charge in [0.05, 0.1) is 18.3 Å². The van der Waals surface area contributed by atoms with Crippen molar-refractivity contribution in [2.75, 3.05) is 0 Å². The van der Waals surface area contributed by atoms with Gasteiger partial charge in [-0.2, -0.15) is 5.10 Å². The van der Waals surface area contributed by atoms with Crippen LogP contribution in [0.15, 0.2) is 94.8 Å². The SMILES string of the molecule is O=C(Cn1nc(-c2ccccc2)n(-c2ccccc2)c1=O)NN=Cc1ccc(OC(=O)CC2SC(=O)NC2=O)cc1. The van der Waals surface area contributed by atoms with E-state index in [0.717, 1.165) is 22.0 Å². The van der Waals surface area contributed by atoms with Crippen LogP contribution in [0.25, 0.3) is 17.1 Å². The summed E-state index contributed by atoms with van der Waals surface area (Å²) in [5.41, 5.74) is 3.84. The Bertz CT molecular complexity index is 1680. The maximum atomic E-state index is 13.2. The molecule has 206 valence electrons. The van der Waals surface area contributed by atoms with Crippen LogP contribution in [0.1, 0.15) is 12.0 Å². The zero-order valence-corrected chi connectivity index (χ0v) is 22.1. The number of amides is 3. The van der Waals surface area contributed by atoms with Gasteiger partial charge in [-0.25, -0.2) is 19.5 Å². The number of hydrazone groups is 1. The fourth-order valence-corrected chi connectivity index (χ4v) is 4.72. The van der Waals surface area contributed by atoms with Crippen molar-refractivity contribution in [2.24, 2.45) is 5.10 Å². The third kappa shape index (κ3) is 6.65. The van der Waals surface area contributed by atoms with Crippen LogP contribution < -0.4 is 21.2 Å². The third-order valence-corrected chi connectivity index (χ3v) is 6.79. The molecule has 0 saturated carbocycles. The Kier molecular flexibility index (Phi) is 8.15. The minimum absolute atomic E-state index is 0.239. The number of hydrogen-bond acceptors (Lipinski definition) is 9. The minimum atomic E-state index is -0.807. The molecule has 5 rings (SSSR count). The van der Waals surface area contributed by atoms with Crippen molar-refractivity contribution in [3.05, 3.63) is 101 Å². The number of imide groups is 1. The first kappa shape index (κ1) is 27.3. The smallest absolute Gasteiger partial charge is 0.351 e. The second-order valence-corrected chi connectivity index (χ2v) is 9.90. The van der Waals surface area contributed by atoms with Crippen LogP contribution in [-0.2, 0) is 20.9 Å². The molecule has 41 heavy (non-hydrogen) atoms. The highest BCUT2D eigenvalue weighted by Crippen LogP contribution is 2.23. The standard InChI is InChI=1S/C28H22N6O6S/c35-23(17-33-28(39)34(20-9-5-2-6-10-20)25(32-33)19-7-3-1-4-8-19)31-29-16-18-11-13-21(14-12-18)40-24(36)15-22-26(37)30-27(38)41-22/h1-14,16,22H,15,17H2,(H,31,35)(H,30,37,38). The van der Waals surface area contributed by atoms with Crippen molar-refractivity contribution < 1.29 is 23.9 Å². The Morgan fingerprint density at radius 2 is 1.66 bits per heavy atom. The Balaban J connectivity index is 1.20. The molecule has 0 radical (unpaired) electrons. The van der Waals surface area contributed by atoms with E-state index in [1.165, 1.54) is 22.9 Å². The molecule has 13 heteroatoms. The number of benzene rings is 3. The molecule has 1 fully saturated rings. The Hall–Kier alpha value is -5.30. The molecule has 1 aromatic heterocycles. The molecule has 1 atom stereocenters. The summed E-state index contributed by atoms with van der Waals surface area (Å²) in [4.78, 5) is 60.7. The number of carbonyl (C=O) groups is 4. The highest BCUT2D eigenvalue weighted by molar-refractivity contribution is 8.15. The van der Waals surface area contributed by atoms with E-state index in [4.69, 9.17) is 4.74 Å². The quantitative estimate of drug-likeness (QED) is 0.135. The monoisotopic (exact) mass is 570 g/mol. The van der Waals surface area contributed by atoms with E-state index in [9.17, 15) is 24.0 Å². The van der Waals surface area contributed by atoms with Crippen molar-refractivity contribution in [3.63, 3.8) is 0 Å². The molecule has 1 aliphatic heterocycles. The van der Waals surface area contributed by atoms with Gasteiger partial charge in [0.1, 0.15) is 17.5 Å². The van der Waals surface area contributed by atoms with Crippen LogP contribution in [0.3, 0.4) is 0 Å². The molecule has 3 aromatic carbocycles. The minimum Gasteiger partial charge on any atom is -0.426 e. The van der Waals surface area contributed by atoms with Crippen molar-refractivity contribution in [1.29, 1.82) is 0 Å². The van der Waals surface area contributed by atoms with Gasteiger partial charge in [-0.3, -0.25) is 24.5 Å². The summed E-state index contributed by atoms with van der Waals surface area (Å²) in [7, 11) is 0. The molecule has 1 aliphatic rings.